The summed E-state index contributed by atoms with van der Waals surface area (Å²) in [6.45, 7) is 5.80. The Morgan fingerprint density at radius 3 is 2.67 bits per heavy atom. The number of carbonyl (C=O) groups excluding carboxylic acids is 1. The van der Waals surface area contributed by atoms with Crippen molar-refractivity contribution in [3.8, 4) is 0 Å². The summed E-state index contributed by atoms with van der Waals surface area (Å²) in [5, 5.41) is 0. The molecule has 2 aliphatic carbocycles. The molecule has 0 amide bonds. The number of rotatable bonds is 2. The van der Waals surface area contributed by atoms with E-state index in [2.05, 4.69) is 6.92 Å². The molecule has 2 nitrogen and oxygen atoms in total. The van der Waals surface area contributed by atoms with E-state index in [0.717, 1.165) is 17.9 Å². The second-order valence-corrected chi connectivity index (χ2v) is 5.25. The van der Waals surface area contributed by atoms with Crippen molar-refractivity contribution in [3.05, 3.63) is 11.6 Å². The zero-order valence-corrected chi connectivity index (χ0v) is 9.88. The monoisotopic (exact) mass is 208 g/mol. The summed E-state index contributed by atoms with van der Waals surface area (Å²) in [5.74, 6) is 1.28. The van der Waals surface area contributed by atoms with Gasteiger partial charge in [0, 0.05) is 5.57 Å². The van der Waals surface area contributed by atoms with Crippen LogP contribution in [0.15, 0.2) is 11.6 Å². The molecular formula is C13H20O2. The second-order valence-electron chi connectivity index (χ2n) is 5.25. The number of fused-ring (bicyclic) bond motifs is 2. The van der Waals surface area contributed by atoms with Crippen LogP contribution in [0.3, 0.4) is 0 Å². The number of hydrogen-bond donors (Lipinski definition) is 0. The van der Waals surface area contributed by atoms with Gasteiger partial charge in [0.2, 0.25) is 0 Å². The molecule has 0 aliphatic heterocycles. The third-order valence-electron chi connectivity index (χ3n) is 4.18. The third-order valence-corrected chi connectivity index (χ3v) is 4.18. The Morgan fingerprint density at radius 2 is 2.20 bits per heavy atom. The van der Waals surface area contributed by atoms with Gasteiger partial charge in [0.15, 0.2) is 0 Å². The standard InChI is InChI=1S/C13H20O2/c1-4-9(2)12(14)15-13(3)8-10-5-6-11(13)7-10/h4,10-11H,5-8H2,1-3H3/b9-4+. The number of hydrogen-bond acceptors (Lipinski definition) is 2. The molecule has 2 bridgehead atoms. The maximum Gasteiger partial charge on any atom is 0.333 e. The maximum absolute atomic E-state index is 11.7. The van der Waals surface area contributed by atoms with Crippen molar-refractivity contribution < 1.29 is 9.53 Å². The van der Waals surface area contributed by atoms with Gasteiger partial charge in [0.05, 0.1) is 0 Å². The van der Waals surface area contributed by atoms with E-state index >= 15 is 0 Å². The molecule has 84 valence electrons. The summed E-state index contributed by atoms with van der Waals surface area (Å²) in [6, 6.07) is 0. The number of esters is 1. The van der Waals surface area contributed by atoms with E-state index in [1.54, 1.807) is 0 Å². The van der Waals surface area contributed by atoms with Crippen molar-refractivity contribution in [3.63, 3.8) is 0 Å². The van der Waals surface area contributed by atoms with Crippen molar-refractivity contribution in [2.24, 2.45) is 11.8 Å². The third kappa shape index (κ3) is 1.82. The van der Waals surface area contributed by atoms with Crippen LogP contribution in [0.1, 0.15) is 46.5 Å². The lowest BCUT2D eigenvalue weighted by atomic mass is 9.85. The molecule has 2 fully saturated rings. The lowest BCUT2D eigenvalue weighted by Gasteiger charge is -2.33. The zero-order valence-electron chi connectivity index (χ0n) is 9.88. The first-order chi connectivity index (χ1) is 7.05. The quantitative estimate of drug-likeness (QED) is 0.515. The van der Waals surface area contributed by atoms with Crippen LogP contribution in [0.25, 0.3) is 0 Å². The van der Waals surface area contributed by atoms with Gasteiger partial charge in [0.25, 0.3) is 0 Å². The summed E-state index contributed by atoms with van der Waals surface area (Å²) in [5.41, 5.74) is 0.545. The average Bonchev–Trinajstić information content (AvgIpc) is 2.75. The SMILES string of the molecule is C/C=C(\C)C(=O)OC1(C)CC2CCC1C2. The molecule has 3 unspecified atom stereocenters. The second kappa shape index (κ2) is 3.66. The van der Waals surface area contributed by atoms with Crippen LogP contribution in [0.2, 0.25) is 0 Å². The Hall–Kier alpha value is -0.790. The molecule has 0 aromatic rings. The molecule has 0 radical (unpaired) electrons. The zero-order chi connectivity index (χ0) is 11.1. The Morgan fingerprint density at radius 1 is 1.47 bits per heavy atom. The summed E-state index contributed by atoms with van der Waals surface area (Å²) < 4.78 is 5.68. The molecule has 15 heavy (non-hydrogen) atoms. The summed E-state index contributed by atoms with van der Waals surface area (Å²) in [6.07, 6.45) is 6.72. The van der Waals surface area contributed by atoms with Crippen molar-refractivity contribution in [2.45, 2.75) is 52.1 Å². The van der Waals surface area contributed by atoms with Gasteiger partial charge in [-0.3, -0.25) is 0 Å². The lowest BCUT2D eigenvalue weighted by Crippen LogP contribution is -2.37. The molecule has 0 saturated heterocycles. The van der Waals surface area contributed by atoms with E-state index in [0.29, 0.717) is 5.92 Å². The topological polar surface area (TPSA) is 26.3 Å². The van der Waals surface area contributed by atoms with Gasteiger partial charge >= 0.3 is 5.97 Å². The van der Waals surface area contributed by atoms with Gasteiger partial charge < -0.3 is 4.74 Å². The molecule has 2 saturated carbocycles. The van der Waals surface area contributed by atoms with E-state index in [1.165, 1.54) is 19.3 Å². The van der Waals surface area contributed by atoms with E-state index in [-0.39, 0.29) is 11.6 Å². The van der Waals surface area contributed by atoms with E-state index in [1.807, 2.05) is 19.9 Å². The van der Waals surface area contributed by atoms with Crippen molar-refractivity contribution in [1.29, 1.82) is 0 Å². The highest BCUT2D eigenvalue weighted by molar-refractivity contribution is 5.88. The molecular weight excluding hydrogens is 188 g/mol. The normalized spacial score (nSPS) is 39.5. The smallest absolute Gasteiger partial charge is 0.333 e. The van der Waals surface area contributed by atoms with Crippen molar-refractivity contribution >= 4 is 5.97 Å². The molecule has 2 aliphatic rings. The minimum absolute atomic E-state index is 0.132. The molecule has 0 aromatic heterocycles. The molecule has 0 aromatic carbocycles. The Kier molecular flexibility index (Phi) is 2.61. The van der Waals surface area contributed by atoms with Crippen molar-refractivity contribution in [1.82, 2.24) is 0 Å². The number of allylic oxidation sites excluding steroid dienone is 1. The van der Waals surface area contributed by atoms with Crippen LogP contribution >= 0.6 is 0 Å². The van der Waals surface area contributed by atoms with Gasteiger partial charge in [-0.2, -0.15) is 0 Å². The largest absolute Gasteiger partial charge is 0.456 e. The van der Waals surface area contributed by atoms with Crippen LogP contribution in [-0.4, -0.2) is 11.6 Å². The van der Waals surface area contributed by atoms with E-state index in [9.17, 15) is 4.79 Å². The highest BCUT2D eigenvalue weighted by atomic mass is 16.6. The minimum Gasteiger partial charge on any atom is -0.456 e. The van der Waals surface area contributed by atoms with Crippen molar-refractivity contribution in [2.75, 3.05) is 0 Å². The predicted octanol–water partition coefficient (Wildman–Crippen LogP) is 3.07. The number of ether oxygens (including phenoxy) is 1. The highest BCUT2D eigenvalue weighted by Gasteiger charge is 2.50. The Bertz CT molecular complexity index is 306. The summed E-state index contributed by atoms with van der Waals surface area (Å²) >= 11 is 0. The Balaban J connectivity index is 2.03. The predicted molar refractivity (Wildman–Crippen MR) is 59.4 cm³/mol. The fourth-order valence-corrected chi connectivity index (χ4v) is 3.09. The minimum atomic E-state index is -0.176. The van der Waals surface area contributed by atoms with Gasteiger partial charge in [-0.15, -0.1) is 0 Å². The summed E-state index contributed by atoms with van der Waals surface area (Å²) in [4.78, 5) is 11.7. The summed E-state index contributed by atoms with van der Waals surface area (Å²) in [7, 11) is 0. The first-order valence-electron chi connectivity index (χ1n) is 5.91. The fourth-order valence-electron chi connectivity index (χ4n) is 3.09. The molecule has 2 rings (SSSR count). The highest BCUT2D eigenvalue weighted by Crippen LogP contribution is 2.52. The van der Waals surface area contributed by atoms with Crippen LogP contribution < -0.4 is 0 Å². The molecule has 3 atom stereocenters. The first-order valence-corrected chi connectivity index (χ1v) is 5.91. The van der Waals surface area contributed by atoms with Gasteiger partial charge in [-0.1, -0.05) is 6.08 Å². The first kappa shape index (κ1) is 10.7. The number of carbonyl (C=O) groups is 1. The Labute approximate surface area is 91.7 Å². The molecule has 0 N–H and O–H groups in total. The molecule has 0 heterocycles. The van der Waals surface area contributed by atoms with E-state index in [4.69, 9.17) is 4.74 Å². The van der Waals surface area contributed by atoms with Gasteiger partial charge in [-0.05, 0) is 58.3 Å². The van der Waals surface area contributed by atoms with Crippen LogP contribution in [0, 0.1) is 11.8 Å². The molecule has 2 heteroatoms. The fraction of sp³-hybridized carbons (Fsp3) is 0.769. The van der Waals surface area contributed by atoms with Crippen LogP contribution in [0.4, 0.5) is 0 Å². The maximum atomic E-state index is 11.7. The lowest BCUT2D eigenvalue weighted by molar-refractivity contribution is -0.158. The van der Waals surface area contributed by atoms with Crippen LogP contribution in [-0.2, 0) is 9.53 Å². The van der Waals surface area contributed by atoms with E-state index < -0.39 is 0 Å². The molecule has 0 spiro atoms. The van der Waals surface area contributed by atoms with Crippen LogP contribution in [0.5, 0.6) is 0 Å². The van der Waals surface area contributed by atoms with Gasteiger partial charge in [0.1, 0.15) is 5.60 Å². The average molecular weight is 208 g/mol. The van der Waals surface area contributed by atoms with Gasteiger partial charge in [-0.25, -0.2) is 4.79 Å².